The molecule has 33 heavy (non-hydrogen) atoms. The van der Waals surface area contributed by atoms with E-state index in [1.165, 1.54) is 37.8 Å². The second-order valence-corrected chi connectivity index (χ2v) is 7.45. The summed E-state index contributed by atoms with van der Waals surface area (Å²) >= 11 is 1.19. The van der Waals surface area contributed by atoms with Gasteiger partial charge < -0.3 is 29.0 Å². The summed E-state index contributed by atoms with van der Waals surface area (Å²) in [5.74, 6) is 2.63. The summed E-state index contributed by atoms with van der Waals surface area (Å²) < 4.78 is 28.2. The number of aromatic nitrogens is 4. The zero-order chi connectivity index (χ0) is 23.8. The van der Waals surface area contributed by atoms with Crippen LogP contribution in [0.3, 0.4) is 0 Å². The first-order valence-electron chi connectivity index (χ1n) is 9.73. The first-order chi connectivity index (χ1) is 16.0. The Bertz CT molecular complexity index is 1080. The molecule has 1 heterocycles. The van der Waals surface area contributed by atoms with Crippen LogP contribution in [0.1, 0.15) is 5.56 Å². The fourth-order valence-corrected chi connectivity index (χ4v) is 3.72. The lowest BCUT2D eigenvalue weighted by Crippen LogP contribution is -2.24. The van der Waals surface area contributed by atoms with Gasteiger partial charge >= 0.3 is 0 Å². The summed E-state index contributed by atoms with van der Waals surface area (Å²) in [6.45, 7) is 0.282. The van der Waals surface area contributed by atoms with E-state index in [0.29, 0.717) is 39.6 Å². The molecule has 3 rings (SSSR count). The van der Waals surface area contributed by atoms with Crippen LogP contribution in [-0.2, 0) is 11.3 Å². The van der Waals surface area contributed by atoms with Crippen LogP contribution < -0.4 is 29.0 Å². The van der Waals surface area contributed by atoms with Gasteiger partial charge in [-0.15, -0.1) is 5.10 Å². The second kappa shape index (κ2) is 11.3. The molecule has 11 nitrogen and oxygen atoms in total. The summed E-state index contributed by atoms with van der Waals surface area (Å²) in [6.07, 6.45) is 0. The van der Waals surface area contributed by atoms with E-state index < -0.39 is 0 Å². The fraction of sp³-hybridized carbons (Fsp3) is 0.333. The molecule has 0 saturated carbocycles. The molecule has 1 N–H and O–H groups in total. The Labute approximate surface area is 195 Å². The molecule has 0 aliphatic heterocycles. The van der Waals surface area contributed by atoms with Gasteiger partial charge in [-0.1, -0.05) is 11.8 Å². The minimum atomic E-state index is -0.194. The first-order valence-corrected chi connectivity index (χ1v) is 10.7. The molecule has 12 heteroatoms. The van der Waals surface area contributed by atoms with Gasteiger partial charge in [0.1, 0.15) is 17.2 Å². The average molecular weight is 476 g/mol. The second-order valence-electron chi connectivity index (χ2n) is 6.51. The van der Waals surface area contributed by atoms with Gasteiger partial charge in [0, 0.05) is 12.6 Å². The maximum atomic E-state index is 12.5. The third-order valence-corrected chi connectivity index (χ3v) is 5.52. The van der Waals surface area contributed by atoms with Crippen LogP contribution in [0.5, 0.6) is 28.7 Å². The van der Waals surface area contributed by atoms with Crippen molar-refractivity contribution in [3.8, 4) is 34.4 Å². The van der Waals surface area contributed by atoms with Crippen LogP contribution in [0.2, 0.25) is 0 Å². The molecule has 1 aromatic heterocycles. The highest BCUT2D eigenvalue weighted by molar-refractivity contribution is 7.99. The molecule has 176 valence electrons. The quantitative estimate of drug-likeness (QED) is 0.413. The van der Waals surface area contributed by atoms with Crippen LogP contribution in [0, 0.1) is 0 Å². The number of methoxy groups -OCH3 is 5. The summed E-state index contributed by atoms with van der Waals surface area (Å²) in [4.78, 5) is 12.5. The van der Waals surface area contributed by atoms with Crippen molar-refractivity contribution in [2.24, 2.45) is 0 Å². The molecule has 1 amide bonds. The van der Waals surface area contributed by atoms with Gasteiger partial charge in [0.25, 0.3) is 0 Å². The molecule has 0 unspecified atom stereocenters. The van der Waals surface area contributed by atoms with Gasteiger partial charge in [-0.25, -0.2) is 0 Å². The highest BCUT2D eigenvalue weighted by Gasteiger charge is 2.17. The van der Waals surface area contributed by atoms with Crippen molar-refractivity contribution in [3.63, 3.8) is 0 Å². The zero-order valence-corrected chi connectivity index (χ0v) is 19.8. The standard InChI is InChI=1S/C21H25N5O6S/c1-28-14-6-7-16(29-2)15(10-14)26-21(23-24-25-26)33-12-19(27)22-11-13-8-17(30-3)20(32-5)18(9-13)31-4/h6-10H,11-12H2,1-5H3,(H,22,27). The summed E-state index contributed by atoms with van der Waals surface area (Å²) in [5.41, 5.74) is 1.40. The lowest BCUT2D eigenvalue weighted by atomic mass is 10.2. The Morgan fingerprint density at radius 1 is 0.939 bits per heavy atom. The Kier molecular flexibility index (Phi) is 8.19. The SMILES string of the molecule is COc1ccc(OC)c(-n2nnnc2SCC(=O)NCc2cc(OC)c(OC)c(OC)c2)c1. The van der Waals surface area contributed by atoms with Gasteiger partial charge in [-0.05, 0) is 40.3 Å². The number of carbonyl (C=O) groups excluding carboxylic acids is 1. The molecule has 0 fully saturated rings. The number of rotatable bonds is 11. The van der Waals surface area contributed by atoms with Gasteiger partial charge in [0.2, 0.25) is 16.8 Å². The first kappa shape index (κ1) is 24.0. The van der Waals surface area contributed by atoms with Gasteiger partial charge in [0.15, 0.2) is 11.5 Å². The minimum Gasteiger partial charge on any atom is -0.497 e. The smallest absolute Gasteiger partial charge is 0.230 e. The lowest BCUT2D eigenvalue weighted by Gasteiger charge is -2.14. The summed E-state index contributed by atoms with van der Waals surface area (Å²) in [6, 6.07) is 8.85. The average Bonchev–Trinajstić information content (AvgIpc) is 3.33. The van der Waals surface area contributed by atoms with E-state index in [2.05, 4.69) is 20.8 Å². The maximum absolute atomic E-state index is 12.5. The number of nitrogens with one attached hydrogen (secondary N) is 1. The summed E-state index contributed by atoms with van der Waals surface area (Å²) in [7, 11) is 7.74. The topological polar surface area (TPSA) is 119 Å². The number of tetrazole rings is 1. The van der Waals surface area contributed by atoms with Crippen molar-refractivity contribution in [1.29, 1.82) is 0 Å². The number of benzene rings is 2. The monoisotopic (exact) mass is 475 g/mol. The highest BCUT2D eigenvalue weighted by Crippen LogP contribution is 2.38. The fourth-order valence-electron chi connectivity index (χ4n) is 3.00. The summed E-state index contributed by atoms with van der Waals surface area (Å²) in [5, 5.41) is 15.1. The third kappa shape index (κ3) is 5.58. The number of hydrogen-bond acceptors (Lipinski definition) is 10. The van der Waals surface area contributed by atoms with Crippen LogP contribution in [0.25, 0.3) is 5.69 Å². The van der Waals surface area contributed by atoms with E-state index in [9.17, 15) is 4.79 Å². The van der Waals surface area contributed by atoms with Gasteiger partial charge in [-0.3, -0.25) is 4.79 Å². The molecule has 0 saturated heterocycles. The molecule has 0 atom stereocenters. The number of hydrogen-bond donors (Lipinski definition) is 1. The van der Waals surface area contributed by atoms with Crippen molar-refractivity contribution in [1.82, 2.24) is 25.5 Å². The number of nitrogens with zero attached hydrogens (tertiary/aromatic N) is 4. The Morgan fingerprint density at radius 3 is 2.24 bits per heavy atom. The predicted octanol–water partition coefficient (Wildman–Crippen LogP) is 2.11. The lowest BCUT2D eigenvalue weighted by molar-refractivity contribution is -0.118. The molecular formula is C21H25N5O6S. The Hall–Kier alpha value is -3.67. The van der Waals surface area contributed by atoms with Crippen molar-refractivity contribution >= 4 is 17.7 Å². The number of carbonyl (C=O) groups is 1. The van der Waals surface area contributed by atoms with E-state index in [1.807, 2.05) is 0 Å². The largest absolute Gasteiger partial charge is 0.497 e. The number of thioether (sulfide) groups is 1. The molecule has 0 radical (unpaired) electrons. The van der Waals surface area contributed by atoms with E-state index in [-0.39, 0.29) is 18.2 Å². The zero-order valence-electron chi connectivity index (χ0n) is 18.9. The highest BCUT2D eigenvalue weighted by atomic mass is 32.2. The molecular weight excluding hydrogens is 450 g/mol. The van der Waals surface area contributed by atoms with E-state index >= 15 is 0 Å². The maximum Gasteiger partial charge on any atom is 0.230 e. The number of amides is 1. The van der Waals surface area contributed by atoms with Gasteiger partial charge in [0.05, 0.1) is 41.3 Å². The minimum absolute atomic E-state index is 0.108. The van der Waals surface area contributed by atoms with Crippen molar-refractivity contribution in [3.05, 3.63) is 35.9 Å². The van der Waals surface area contributed by atoms with Crippen molar-refractivity contribution < 1.29 is 28.5 Å². The van der Waals surface area contributed by atoms with E-state index in [1.54, 1.807) is 44.6 Å². The Morgan fingerprint density at radius 2 is 1.64 bits per heavy atom. The third-order valence-electron chi connectivity index (χ3n) is 4.60. The normalized spacial score (nSPS) is 10.5. The molecule has 0 bridgehead atoms. The van der Waals surface area contributed by atoms with Crippen molar-refractivity contribution in [2.45, 2.75) is 11.7 Å². The van der Waals surface area contributed by atoms with Crippen LogP contribution >= 0.6 is 11.8 Å². The van der Waals surface area contributed by atoms with Crippen molar-refractivity contribution in [2.75, 3.05) is 41.3 Å². The van der Waals surface area contributed by atoms with E-state index in [0.717, 1.165) is 5.56 Å². The molecule has 2 aromatic carbocycles. The molecule has 0 aliphatic carbocycles. The van der Waals surface area contributed by atoms with Crippen LogP contribution in [0.15, 0.2) is 35.5 Å². The molecule has 3 aromatic rings. The van der Waals surface area contributed by atoms with Gasteiger partial charge in [-0.2, -0.15) is 4.68 Å². The molecule has 0 aliphatic rings. The van der Waals surface area contributed by atoms with Crippen LogP contribution in [-0.4, -0.2) is 67.4 Å². The Balaban J connectivity index is 1.66. The number of ether oxygens (including phenoxy) is 5. The van der Waals surface area contributed by atoms with Crippen LogP contribution in [0.4, 0.5) is 0 Å². The molecule has 0 spiro atoms. The predicted molar refractivity (Wildman–Crippen MR) is 121 cm³/mol. The van der Waals surface area contributed by atoms with E-state index in [4.69, 9.17) is 23.7 Å².